The Labute approximate surface area is 165 Å². The number of hydrogen-bond acceptors (Lipinski definition) is 7. The molecule has 0 saturated carbocycles. The molecule has 0 unspecified atom stereocenters. The topological polar surface area (TPSA) is 77.5 Å². The fourth-order valence-corrected chi connectivity index (χ4v) is 3.00. The van der Waals surface area contributed by atoms with E-state index < -0.39 is 0 Å². The summed E-state index contributed by atoms with van der Waals surface area (Å²) in [4.78, 5) is 29.3. The van der Waals surface area contributed by atoms with E-state index >= 15 is 0 Å². The Balaban J connectivity index is 2.49. The van der Waals surface area contributed by atoms with Crippen LogP contribution in [0.1, 0.15) is 5.56 Å². The molecule has 1 heterocycles. The van der Waals surface area contributed by atoms with Crippen molar-refractivity contribution in [2.24, 2.45) is 0 Å². The Morgan fingerprint density at radius 1 is 0.821 bits per heavy atom. The minimum absolute atomic E-state index is 0.194. The third-order valence-corrected chi connectivity index (χ3v) is 4.49. The van der Waals surface area contributed by atoms with Gasteiger partial charge in [-0.15, -0.1) is 0 Å². The van der Waals surface area contributed by atoms with Crippen molar-refractivity contribution in [2.75, 3.05) is 67.9 Å². The number of ether oxygens (including phenoxy) is 4. The van der Waals surface area contributed by atoms with Gasteiger partial charge in [0.05, 0.1) is 39.0 Å². The average Bonchev–Trinajstić information content (AvgIpc) is 2.96. The van der Waals surface area contributed by atoms with Crippen molar-refractivity contribution in [1.82, 2.24) is 9.80 Å². The lowest BCUT2D eigenvalue weighted by Gasteiger charge is -2.25. The van der Waals surface area contributed by atoms with Gasteiger partial charge in [-0.05, 0) is 17.7 Å². The molecule has 1 aliphatic heterocycles. The molecule has 1 aromatic rings. The summed E-state index contributed by atoms with van der Waals surface area (Å²) in [5.74, 6) is 0.0108. The molecule has 1 aliphatic rings. The highest BCUT2D eigenvalue weighted by Gasteiger charge is 2.41. The number of imide groups is 1. The maximum Gasteiger partial charge on any atom is 0.277 e. The highest BCUT2D eigenvalue weighted by molar-refractivity contribution is 6.35. The van der Waals surface area contributed by atoms with Crippen LogP contribution in [0.3, 0.4) is 0 Å². The normalized spacial score (nSPS) is 14.2. The summed E-state index contributed by atoms with van der Waals surface area (Å²) < 4.78 is 20.6. The van der Waals surface area contributed by atoms with Gasteiger partial charge in [-0.3, -0.25) is 14.5 Å². The highest BCUT2D eigenvalue weighted by Crippen LogP contribution is 2.32. The molecular formula is C20H28N2O6. The van der Waals surface area contributed by atoms with Crippen molar-refractivity contribution in [3.63, 3.8) is 0 Å². The van der Waals surface area contributed by atoms with E-state index in [1.54, 1.807) is 45.6 Å². The minimum atomic E-state index is -0.333. The molecule has 8 nitrogen and oxygen atoms in total. The zero-order chi connectivity index (χ0) is 20.5. The summed E-state index contributed by atoms with van der Waals surface area (Å²) in [6.45, 7) is 2.24. The van der Waals surface area contributed by atoms with Gasteiger partial charge in [-0.2, -0.15) is 0 Å². The van der Waals surface area contributed by atoms with Gasteiger partial charge >= 0.3 is 0 Å². The molecule has 0 aromatic heterocycles. The van der Waals surface area contributed by atoms with Crippen LogP contribution in [0, 0.1) is 0 Å². The summed E-state index contributed by atoms with van der Waals surface area (Å²) in [5.41, 5.74) is 1.39. The fraction of sp³-hybridized carbons (Fsp3) is 0.500. The first-order chi connectivity index (χ1) is 13.6. The molecule has 2 rings (SSSR count). The number of amides is 2. The van der Waals surface area contributed by atoms with Crippen LogP contribution >= 0.6 is 0 Å². The maximum absolute atomic E-state index is 13.1. The molecule has 28 heavy (non-hydrogen) atoms. The summed E-state index contributed by atoms with van der Waals surface area (Å²) in [6.07, 6.45) is 0. The molecule has 2 amide bonds. The Morgan fingerprint density at radius 3 is 1.89 bits per heavy atom. The second-order valence-corrected chi connectivity index (χ2v) is 6.18. The highest BCUT2D eigenvalue weighted by atomic mass is 16.5. The predicted molar refractivity (Wildman–Crippen MR) is 104 cm³/mol. The molecule has 8 heteroatoms. The molecule has 0 aliphatic carbocycles. The summed E-state index contributed by atoms with van der Waals surface area (Å²) in [7, 11) is 6.31. The van der Waals surface area contributed by atoms with E-state index in [1.807, 2.05) is 4.90 Å². The third kappa shape index (κ3) is 4.89. The monoisotopic (exact) mass is 392 g/mol. The van der Waals surface area contributed by atoms with Gasteiger partial charge in [0.15, 0.2) is 0 Å². The largest absolute Gasteiger partial charge is 0.497 e. The van der Waals surface area contributed by atoms with Crippen LogP contribution in [0.2, 0.25) is 0 Å². The van der Waals surface area contributed by atoms with E-state index in [0.29, 0.717) is 48.9 Å². The van der Waals surface area contributed by atoms with Gasteiger partial charge in [-0.25, -0.2) is 0 Å². The Hall–Kier alpha value is -2.42. The van der Waals surface area contributed by atoms with E-state index in [0.717, 1.165) is 0 Å². The first-order valence-corrected chi connectivity index (χ1v) is 9.05. The van der Waals surface area contributed by atoms with Gasteiger partial charge in [-0.1, -0.05) is 12.1 Å². The quantitative estimate of drug-likeness (QED) is 0.492. The summed E-state index contributed by atoms with van der Waals surface area (Å²) in [5, 5.41) is 0. The van der Waals surface area contributed by atoms with E-state index in [2.05, 4.69) is 0 Å². The average molecular weight is 392 g/mol. The van der Waals surface area contributed by atoms with E-state index in [-0.39, 0.29) is 25.0 Å². The molecular weight excluding hydrogens is 364 g/mol. The van der Waals surface area contributed by atoms with Crippen molar-refractivity contribution in [2.45, 2.75) is 0 Å². The van der Waals surface area contributed by atoms with Gasteiger partial charge in [0.25, 0.3) is 11.8 Å². The van der Waals surface area contributed by atoms with Gasteiger partial charge in [0, 0.05) is 34.4 Å². The molecule has 0 atom stereocenters. The standard InChI is InChI=1S/C20H28N2O6/c1-25-12-9-21(10-13-26-2)18-17(15-5-7-16(28-4)8-6-15)19(23)22(20(18)24)11-14-27-3/h5-8H,9-14H2,1-4H3. The van der Waals surface area contributed by atoms with Crippen LogP contribution in [0.4, 0.5) is 0 Å². The SMILES string of the molecule is COCCN(CCOC)C1=C(c2ccc(OC)cc2)C(=O)N(CCOC)C1=O. The number of carbonyl (C=O) groups excluding carboxylic acids is 2. The first kappa shape index (κ1) is 21.9. The predicted octanol–water partition coefficient (Wildman–Crippen LogP) is 1.02. The van der Waals surface area contributed by atoms with Gasteiger partial charge in [0.1, 0.15) is 11.4 Å². The lowest BCUT2D eigenvalue weighted by atomic mass is 10.0. The molecule has 0 N–H and O–H groups in total. The number of benzene rings is 1. The molecule has 0 spiro atoms. The lowest BCUT2D eigenvalue weighted by molar-refractivity contribution is -0.138. The van der Waals surface area contributed by atoms with Crippen LogP contribution < -0.4 is 4.74 Å². The first-order valence-electron chi connectivity index (χ1n) is 9.05. The van der Waals surface area contributed by atoms with Crippen LogP contribution in [0.25, 0.3) is 5.57 Å². The number of rotatable bonds is 12. The number of methoxy groups -OCH3 is 4. The number of nitrogens with zero attached hydrogens (tertiary/aromatic N) is 2. The van der Waals surface area contributed by atoms with Gasteiger partial charge in [0.2, 0.25) is 0 Å². The molecule has 0 fully saturated rings. The van der Waals surface area contributed by atoms with E-state index in [1.165, 1.54) is 12.0 Å². The summed E-state index contributed by atoms with van der Waals surface area (Å²) >= 11 is 0. The smallest absolute Gasteiger partial charge is 0.277 e. The van der Waals surface area contributed by atoms with Crippen molar-refractivity contribution >= 4 is 17.4 Å². The number of hydrogen-bond donors (Lipinski definition) is 0. The maximum atomic E-state index is 13.1. The van der Waals surface area contributed by atoms with E-state index in [9.17, 15) is 9.59 Å². The molecule has 0 bridgehead atoms. The van der Waals surface area contributed by atoms with Crippen molar-refractivity contribution < 1.29 is 28.5 Å². The summed E-state index contributed by atoms with van der Waals surface area (Å²) in [6, 6.07) is 7.10. The zero-order valence-electron chi connectivity index (χ0n) is 16.9. The number of carbonyl (C=O) groups is 2. The van der Waals surface area contributed by atoms with Crippen molar-refractivity contribution in [3.8, 4) is 5.75 Å². The Morgan fingerprint density at radius 2 is 1.39 bits per heavy atom. The van der Waals surface area contributed by atoms with Gasteiger partial charge < -0.3 is 23.8 Å². The van der Waals surface area contributed by atoms with Crippen LogP contribution in [0.5, 0.6) is 5.75 Å². The second kappa shape index (κ2) is 10.8. The minimum Gasteiger partial charge on any atom is -0.497 e. The van der Waals surface area contributed by atoms with Crippen LogP contribution in [-0.2, 0) is 23.8 Å². The van der Waals surface area contributed by atoms with Crippen molar-refractivity contribution in [3.05, 3.63) is 35.5 Å². The third-order valence-electron chi connectivity index (χ3n) is 4.49. The molecule has 0 radical (unpaired) electrons. The van der Waals surface area contributed by atoms with E-state index in [4.69, 9.17) is 18.9 Å². The fourth-order valence-electron chi connectivity index (χ4n) is 3.00. The van der Waals surface area contributed by atoms with Crippen LogP contribution in [-0.4, -0.2) is 89.5 Å². The van der Waals surface area contributed by atoms with Crippen molar-refractivity contribution in [1.29, 1.82) is 0 Å². The van der Waals surface area contributed by atoms with Crippen LogP contribution in [0.15, 0.2) is 30.0 Å². The second-order valence-electron chi connectivity index (χ2n) is 6.18. The Kier molecular flexibility index (Phi) is 8.43. The molecule has 154 valence electrons. The zero-order valence-corrected chi connectivity index (χ0v) is 16.9. The molecule has 0 saturated heterocycles. The lowest BCUT2D eigenvalue weighted by Crippen LogP contribution is -2.39. The Bertz CT molecular complexity index is 693. The molecule has 1 aromatic carbocycles.